The molecule has 0 saturated carbocycles. The summed E-state index contributed by atoms with van der Waals surface area (Å²) < 4.78 is 27.0. The van der Waals surface area contributed by atoms with Crippen LogP contribution >= 0.6 is 0 Å². The fourth-order valence-corrected chi connectivity index (χ4v) is 3.07. The standard InChI is InChI=1S/C20H24F2N6O2/c1-25(2)17-12-16(23-20(24-17)26(3)4)19(30)28-9-7-27(8-10-28)18(29)14-6-5-13(21)11-15(14)22/h5-6,11-12H,7-10H2,1-4H3. The third kappa shape index (κ3) is 4.47. The number of rotatable bonds is 4. The van der Waals surface area contributed by atoms with Gasteiger partial charge in [0.05, 0.1) is 5.56 Å². The van der Waals surface area contributed by atoms with Crippen LogP contribution in [-0.4, -0.2) is 86.0 Å². The third-order valence-corrected chi connectivity index (χ3v) is 4.79. The predicted molar refractivity (Wildman–Crippen MR) is 109 cm³/mol. The number of piperazine rings is 1. The van der Waals surface area contributed by atoms with E-state index >= 15 is 0 Å². The second-order valence-electron chi connectivity index (χ2n) is 7.41. The first kappa shape index (κ1) is 21.4. The number of carbonyl (C=O) groups excluding carboxylic acids is 2. The van der Waals surface area contributed by atoms with E-state index in [9.17, 15) is 18.4 Å². The zero-order valence-electron chi connectivity index (χ0n) is 17.4. The van der Waals surface area contributed by atoms with Gasteiger partial charge in [-0.25, -0.2) is 13.8 Å². The average Bonchev–Trinajstić information content (AvgIpc) is 2.72. The van der Waals surface area contributed by atoms with E-state index in [2.05, 4.69) is 9.97 Å². The van der Waals surface area contributed by atoms with E-state index in [1.165, 1.54) is 4.90 Å². The van der Waals surface area contributed by atoms with Crippen molar-refractivity contribution in [2.75, 3.05) is 64.2 Å². The summed E-state index contributed by atoms with van der Waals surface area (Å²) in [5.74, 6) is -1.39. The monoisotopic (exact) mass is 418 g/mol. The summed E-state index contributed by atoms with van der Waals surface area (Å²) in [4.78, 5) is 40.8. The second-order valence-corrected chi connectivity index (χ2v) is 7.41. The van der Waals surface area contributed by atoms with E-state index in [-0.39, 0.29) is 43.3 Å². The largest absolute Gasteiger partial charge is 0.363 e. The molecule has 8 nitrogen and oxygen atoms in total. The van der Waals surface area contributed by atoms with Gasteiger partial charge in [0.1, 0.15) is 23.1 Å². The third-order valence-electron chi connectivity index (χ3n) is 4.79. The fourth-order valence-electron chi connectivity index (χ4n) is 3.07. The van der Waals surface area contributed by atoms with Crippen molar-refractivity contribution in [2.24, 2.45) is 0 Å². The summed E-state index contributed by atoms with van der Waals surface area (Å²) in [7, 11) is 7.24. The zero-order chi connectivity index (χ0) is 22.0. The molecule has 0 spiro atoms. The number of hydrogen-bond acceptors (Lipinski definition) is 6. The Morgan fingerprint density at radius 2 is 1.47 bits per heavy atom. The lowest BCUT2D eigenvalue weighted by atomic mass is 10.1. The van der Waals surface area contributed by atoms with Crippen LogP contribution in [0.4, 0.5) is 20.5 Å². The van der Waals surface area contributed by atoms with Crippen molar-refractivity contribution >= 4 is 23.6 Å². The van der Waals surface area contributed by atoms with Crippen LogP contribution in [0.3, 0.4) is 0 Å². The van der Waals surface area contributed by atoms with Gasteiger partial charge in [-0.1, -0.05) is 0 Å². The van der Waals surface area contributed by atoms with Gasteiger partial charge in [-0.3, -0.25) is 9.59 Å². The molecule has 1 aromatic carbocycles. The van der Waals surface area contributed by atoms with Crippen LogP contribution in [0.15, 0.2) is 24.3 Å². The van der Waals surface area contributed by atoms with Gasteiger partial charge in [0.25, 0.3) is 11.8 Å². The first-order valence-electron chi connectivity index (χ1n) is 9.44. The first-order chi connectivity index (χ1) is 14.2. The smallest absolute Gasteiger partial charge is 0.272 e. The number of aromatic nitrogens is 2. The number of halogens is 2. The number of hydrogen-bond donors (Lipinski definition) is 0. The SMILES string of the molecule is CN(C)c1cc(C(=O)N2CCN(C(=O)c3ccc(F)cc3F)CC2)nc(N(C)C)n1. The zero-order valence-corrected chi connectivity index (χ0v) is 17.4. The minimum absolute atomic E-state index is 0.182. The van der Waals surface area contributed by atoms with Gasteiger partial charge in [0.15, 0.2) is 0 Å². The molecule has 0 unspecified atom stereocenters. The highest BCUT2D eigenvalue weighted by atomic mass is 19.1. The molecule has 2 aromatic rings. The summed E-state index contributed by atoms with van der Waals surface area (Å²) in [6.45, 7) is 1.05. The van der Waals surface area contributed by atoms with Crippen molar-refractivity contribution in [3.05, 3.63) is 47.2 Å². The van der Waals surface area contributed by atoms with Crippen LogP contribution in [0.25, 0.3) is 0 Å². The lowest BCUT2D eigenvalue weighted by Gasteiger charge is -2.34. The van der Waals surface area contributed by atoms with E-state index in [1.807, 2.05) is 14.1 Å². The fraction of sp³-hybridized carbons (Fsp3) is 0.400. The van der Waals surface area contributed by atoms with E-state index in [1.54, 1.807) is 34.9 Å². The Balaban J connectivity index is 1.72. The topological polar surface area (TPSA) is 72.9 Å². The van der Waals surface area contributed by atoms with Gasteiger partial charge in [0.2, 0.25) is 5.95 Å². The van der Waals surface area contributed by atoms with Gasteiger partial charge in [-0.05, 0) is 12.1 Å². The maximum absolute atomic E-state index is 13.9. The summed E-state index contributed by atoms with van der Waals surface area (Å²) in [5, 5.41) is 0. The molecule has 2 amide bonds. The number of anilines is 2. The Labute approximate surface area is 173 Å². The molecule has 1 aliphatic heterocycles. The molecule has 0 N–H and O–H groups in total. The van der Waals surface area contributed by atoms with Crippen LogP contribution in [-0.2, 0) is 0 Å². The molecular weight excluding hydrogens is 394 g/mol. The molecule has 30 heavy (non-hydrogen) atoms. The molecule has 2 heterocycles. The minimum atomic E-state index is -0.896. The second kappa shape index (κ2) is 8.60. The molecule has 3 rings (SSSR count). The van der Waals surface area contributed by atoms with Crippen LogP contribution in [0, 0.1) is 11.6 Å². The van der Waals surface area contributed by atoms with Gasteiger partial charge in [-0.15, -0.1) is 0 Å². The van der Waals surface area contributed by atoms with Crippen molar-refractivity contribution in [3.63, 3.8) is 0 Å². The Kier molecular flexibility index (Phi) is 6.14. The van der Waals surface area contributed by atoms with E-state index in [0.717, 1.165) is 12.1 Å². The molecule has 0 aliphatic carbocycles. The predicted octanol–water partition coefficient (Wildman–Crippen LogP) is 1.48. The molecule has 0 radical (unpaired) electrons. The summed E-state index contributed by atoms with van der Waals surface area (Å²) in [6.07, 6.45) is 0. The van der Waals surface area contributed by atoms with E-state index in [0.29, 0.717) is 17.8 Å². The maximum Gasteiger partial charge on any atom is 0.272 e. The van der Waals surface area contributed by atoms with Crippen molar-refractivity contribution in [3.8, 4) is 0 Å². The maximum atomic E-state index is 13.9. The van der Waals surface area contributed by atoms with E-state index in [4.69, 9.17) is 0 Å². The summed E-state index contributed by atoms with van der Waals surface area (Å²) >= 11 is 0. The van der Waals surface area contributed by atoms with Crippen LogP contribution in [0.2, 0.25) is 0 Å². The van der Waals surface area contributed by atoms with Crippen LogP contribution < -0.4 is 9.80 Å². The van der Waals surface area contributed by atoms with Crippen molar-refractivity contribution in [2.45, 2.75) is 0 Å². The number of benzene rings is 1. The molecule has 1 saturated heterocycles. The van der Waals surface area contributed by atoms with Gasteiger partial charge >= 0.3 is 0 Å². The highest BCUT2D eigenvalue weighted by molar-refractivity contribution is 5.95. The first-order valence-corrected chi connectivity index (χ1v) is 9.44. The van der Waals surface area contributed by atoms with Crippen LogP contribution in [0.1, 0.15) is 20.8 Å². The number of carbonyl (C=O) groups is 2. The quantitative estimate of drug-likeness (QED) is 0.749. The Morgan fingerprint density at radius 3 is 2.00 bits per heavy atom. The Bertz CT molecular complexity index is 932. The van der Waals surface area contributed by atoms with Gasteiger partial charge in [-0.2, -0.15) is 4.98 Å². The Hall–Kier alpha value is -3.30. The minimum Gasteiger partial charge on any atom is -0.363 e. The lowest BCUT2D eigenvalue weighted by Crippen LogP contribution is -2.51. The molecule has 160 valence electrons. The molecular formula is C20H24F2N6O2. The molecule has 0 bridgehead atoms. The summed E-state index contributed by atoms with van der Waals surface area (Å²) in [5.41, 5.74) is 0.0833. The normalized spacial score (nSPS) is 13.9. The highest BCUT2D eigenvalue weighted by Gasteiger charge is 2.28. The van der Waals surface area contributed by atoms with E-state index < -0.39 is 17.5 Å². The summed E-state index contributed by atoms with van der Waals surface area (Å²) in [6, 6.07) is 4.50. The number of nitrogens with zero attached hydrogens (tertiary/aromatic N) is 6. The average molecular weight is 418 g/mol. The molecule has 1 aliphatic rings. The highest BCUT2D eigenvalue weighted by Crippen LogP contribution is 2.18. The molecule has 0 atom stereocenters. The van der Waals surface area contributed by atoms with Gasteiger partial charge in [0, 0.05) is 66.5 Å². The van der Waals surface area contributed by atoms with Gasteiger partial charge < -0.3 is 19.6 Å². The number of amides is 2. The Morgan fingerprint density at radius 1 is 0.867 bits per heavy atom. The van der Waals surface area contributed by atoms with Crippen molar-refractivity contribution in [1.29, 1.82) is 0 Å². The molecule has 1 fully saturated rings. The lowest BCUT2D eigenvalue weighted by molar-refractivity contribution is 0.0529. The van der Waals surface area contributed by atoms with Crippen LogP contribution in [0.5, 0.6) is 0 Å². The molecule has 1 aromatic heterocycles. The van der Waals surface area contributed by atoms with Crippen molar-refractivity contribution in [1.82, 2.24) is 19.8 Å². The molecule has 10 heteroatoms. The van der Waals surface area contributed by atoms with Crippen molar-refractivity contribution < 1.29 is 18.4 Å².